The largest absolute Gasteiger partial charge is 0.444 e. The van der Waals surface area contributed by atoms with Crippen molar-refractivity contribution in [3.8, 4) is 0 Å². The lowest BCUT2D eigenvalue weighted by molar-refractivity contribution is -0.144. The molecule has 1 aromatic rings. The average Bonchev–Trinajstić information content (AvgIpc) is 2.64. The maximum Gasteiger partial charge on any atom is 0.408 e. The van der Waals surface area contributed by atoms with E-state index in [1.54, 1.807) is 40.7 Å². The maximum atomic E-state index is 13.4. The van der Waals surface area contributed by atoms with E-state index in [9.17, 15) is 24.6 Å². The van der Waals surface area contributed by atoms with E-state index < -0.39 is 48.8 Å². The number of hydrogen-bond acceptors (Lipinski definition) is 6. The van der Waals surface area contributed by atoms with Crippen LogP contribution in [0.4, 0.5) is 4.79 Å². The van der Waals surface area contributed by atoms with Crippen LogP contribution in [0.1, 0.15) is 57.4 Å². The highest BCUT2D eigenvalue weighted by Crippen LogP contribution is 2.26. The number of nitrogens with one attached hydrogen (secondary N) is 2. The molecule has 1 rings (SSSR count). The Morgan fingerprint density at radius 2 is 1.72 bits per heavy atom. The normalized spacial score (nSPS) is 13.3. The fourth-order valence-corrected chi connectivity index (χ4v) is 3.26. The summed E-state index contributed by atoms with van der Waals surface area (Å²) in [6.07, 6.45) is -0.872. The first kappa shape index (κ1) is 27.4. The first-order valence-corrected chi connectivity index (χ1v) is 10.7. The van der Waals surface area contributed by atoms with Gasteiger partial charge in [0.15, 0.2) is 0 Å². The number of rotatable bonds is 9. The lowest BCUT2D eigenvalue weighted by Crippen LogP contribution is -2.55. The first-order chi connectivity index (χ1) is 14.8. The van der Waals surface area contributed by atoms with Gasteiger partial charge in [-0.15, -0.1) is 0 Å². The Labute approximate surface area is 190 Å². The van der Waals surface area contributed by atoms with Crippen LogP contribution >= 0.6 is 0 Å². The van der Waals surface area contributed by atoms with Crippen molar-refractivity contribution >= 4 is 17.9 Å². The van der Waals surface area contributed by atoms with Gasteiger partial charge in [0, 0.05) is 12.6 Å². The number of ether oxygens (including phenoxy) is 1. The maximum absolute atomic E-state index is 13.4. The van der Waals surface area contributed by atoms with Crippen LogP contribution in [0.5, 0.6) is 0 Å². The Morgan fingerprint density at radius 1 is 1.09 bits per heavy atom. The Bertz CT molecular complexity index is 803. The quantitative estimate of drug-likeness (QED) is 0.451. The van der Waals surface area contributed by atoms with E-state index >= 15 is 0 Å². The molecule has 2 unspecified atom stereocenters. The van der Waals surface area contributed by atoms with Crippen LogP contribution < -0.4 is 10.6 Å². The summed E-state index contributed by atoms with van der Waals surface area (Å²) in [5.41, 5.74) is 1.58. The molecule has 0 aromatic heterocycles. The monoisotopic (exact) mass is 451 g/mol. The van der Waals surface area contributed by atoms with E-state index in [-0.39, 0.29) is 12.6 Å². The van der Waals surface area contributed by atoms with E-state index in [1.165, 1.54) is 4.90 Å². The fourth-order valence-electron chi connectivity index (χ4n) is 3.26. The molecule has 2 atom stereocenters. The van der Waals surface area contributed by atoms with Crippen molar-refractivity contribution in [3.05, 3.63) is 34.9 Å². The summed E-state index contributed by atoms with van der Waals surface area (Å²) in [4.78, 5) is 39.9. The number of amides is 3. The van der Waals surface area contributed by atoms with Crippen molar-refractivity contribution in [3.63, 3.8) is 0 Å². The standard InChI is InChI=1S/C23H37N3O6/c1-14(2)24-20(29)19(17-9-8-15(3)12-16(17)4)26(10-11-27)21(30)18(13-28)25-22(31)32-23(5,6)7/h8-9,12,14,18-19,27-28H,10-11,13H2,1-7H3,(H,24,29)(H,25,31). The van der Waals surface area contributed by atoms with Gasteiger partial charge in [-0.3, -0.25) is 9.59 Å². The van der Waals surface area contributed by atoms with Gasteiger partial charge in [0.2, 0.25) is 11.8 Å². The van der Waals surface area contributed by atoms with Gasteiger partial charge in [-0.05, 0) is 59.6 Å². The molecular formula is C23H37N3O6. The lowest BCUT2D eigenvalue weighted by atomic mass is 9.96. The molecule has 0 radical (unpaired) electrons. The number of carbonyl (C=O) groups is 3. The van der Waals surface area contributed by atoms with Crippen molar-refractivity contribution in [1.82, 2.24) is 15.5 Å². The van der Waals surface area contributed by atoms with Gasteiger partial charge in [0.1, 0.15) is 17.7 Å². The predicted molar refractivity (Wildman–Crippen MR) is 121 cm³/mol. The fraction of sp³-hybridized carbons (Fsp3) is 0.609. The van der Waals surface area contributed by atoms with Crippen LogP contribution in [0.2, 0.25) is 0 Å². The number of nitrogens with zero attached hydrogens (tertiary/aromatic N) is 1. The molecule has 0 fully saturated rings. The van der Waals surface area contributed by atoms with Crippen molar-refractivity contribution in [2.45, 2.75) is 72.2 Å². The van der Waals surface area contributed by atoms with Gasteiger partial charge >= 0.3 is 6.09 Å². The molecule has 9 heteroatoms. The van der Waals surface area contributed by atoms with E-state index in [1.807, 2.05) is 26.0 Å². The second-order valence-corrected chi connectivity index (χ2v) is 9.06. The van der Waals surface area contributed by atoms with E-state index in [0.717, 1.165) is 11.1 Å². The van der Waals surface area contributed by atoms with E-state index in [0.29, 0.717) is 5.56 Å². The third-order valence-electron chi connectivity index (χ3n) is 4.51. The van der Waals surface area contributed by atoms with Crippen LogP contribution in [0.3, 0.4) is 0 Å². The third kappa shape index (κ3) is 8.12. The highest BCUT2D eigenvalue weighted by atomic mass is 16.6. The zero-order valence-corrected chi connectivity index (χ0v) is 20.1. The molecule has 0 spiro atoms. The van der Waals surface area contributed by atoms with Crippen LogP contribution in [0.15, 0.2) is 18.2 Å². The topological polar surface area (TPSA) is 128 Å². The van der Waals surface area contributed by atoms with Gasteiger partial charge in [-0.2, -0.15) is 0 Å². The Hall–Kier alpha value is -2.65. The molecule has 0 aliphatic rings. The number of hydrogen-bond donors (Lipinski definition) is 4. The number of carbonyl (C=O) groups excluding carboxylic acids is 3. The smallest absolute Gasteiger partial charge is 0.408 e. The van der Waals surface area contributed by atoms with Gasteiger partial charge in [-0.25, -0.2) is 4.79 Å². The number of alkyl carbamates (subject to hydrolysis) is 1. The number of aryl methyl sites for hydroxylation is 2. The van der Waals surface area contributed by atoms with Crippen LogP contribution in [-0.2, 0) is 14.3 Å². The van der Waals surface area contributed by atoms with Gasteiger partial charge in [0.05, 0.1) is 13.2 Å². The predicted octanol–water partition coefficient (Wildman–Crippen LogP) is 1.58. The molecule has 0 aliphatic carbocycles. The van der Waals surface area contributed by atoms with Gasteiger partial charge < -0.3 is 30.5 Å². The molecule has 32 heavy (non-hydrogen) atoms. The third-order valence-corrected chi connectivity index (χ3v) is 4.51. The van der Waals surface area contributed by atoms with E-state index in [2.05, 4.69) is 10.6 Å². The Kier molecular flexibility index (Phi) is 10.1. The molecule has 0 heterocycles. The van der Waals surface area contributed by atoms with Crippen molar-refractivity contribution in [1.29, 1.82) is 0 Å². The molecule has 3 amide bonds. The van der Waals surface area contributed by atoms with Crippen LogP contribution in [0, 0.1) is 13.8 Å². The van der Waals surface area contributed by atoms with E-state index in [4.69, 9.17) is 4.74 Å². The summed E-state index contributed by atoms with van der Waals surface area (Å²) in [5, 5.41) is 24.6. The van der Waals surface area contributed by atoms with Crippen LogP contribution in [-0.4, -0.2) is 70.5 Å². The van der Waals surface area contributed by atoms with Crippen LogP contribution in [0.25, 0.3) is 0 Å². The summed E-state index contributed by atoms with van der Waals surface area (Å²) in [6.45, 7) is 11.1. The SMILES string of the molecule is Cc1ccc(C(C(=O)NC(C)C)N(CCO)C(=O)C(CO)NC(=O)OC(C)(C)C)c(C)c1. The molecule has 0 bridgehead atoms. The minimum Gasteiger partial charge on any atom is -0.444 e. The molecule has 0 saturated heterocycles. The Morgan fingerprint density at radius 3 is 2.19 bits per heavy atom. The lowest BCUT2D eigenvalue weighted by Gasteiger charge is -2.34. The summed E-state index contributed by atoms with van der Waals surface area (Å²) in [6, 6.07) is 2.90. The summed E-state index contributed by atoms with van der Waals surface area (Å²) < 4.78 is 5.18. The highest BCUT2D eigenvalue weighted by Gasteiger charge is 2.36. The molecule has 0 saturated carbocycles. The minimum atomic E-state index is -1.35. The van der Waals surface area contributed by atoms with Crippen molar-refractivity contribution < 1.29 is 29.3 Å². The molecule has 4 N–H and O–H groups in total. The first-order valence-electron chi connectivity index (χ1n) is 10.7. The number of aliphatic hydroxyl groups excluding tert-OH is 2. The van der Waals surface area contributed by atoms with Crippen molar-refractivity contribution in [2.75, 3.05) is 19.8 Å². The molecule has 9 nitrogen and oxygen atoms in total. The summed E-state index contributed by atoms with van der Waals surface area (Å²) in [5.74, 6) is -1.14. The summed E-state index contributed by atoms with van der Waals surface area (Å²) >= 11 is 0. The molecule has 0 aliphatic heterocycles. The molecule has 1 aromatic carbocycles. The van der Waals surface area contributed by atoms with Gasteiger partial charge in [0.25, 0.3) is 0 Å². The second-order valence-electron chi connectivity index (χ2n) is 9.06. The number of benzene rings is 1. The second kappa shape index (κ2) is 11.8. The number of aliphatic hydroxyl groups is 2. The van der Waals surface area contributed by atoms with Gasteiger partial charge in [-0.1, -0.05) is 23.8 Å². The summed E-state index contributed by atoms with van der Waals surface area (Å²) in [7, 11) is 0. The average molecular weight is 452 g/mol. The zero-order chi connectivity index (χ0) is 24.6. The molecule has 180 valence electrons. The Balaban J connectivity index is 3.37. The van der Waals surface area contributed by atoms with Crippen molar-refractivity contribution in [2.24, 2.45) is 0 Å². The molecular weight excluding hydrogens is 414 g/mol. The highest BCUT2D eigenvalue weighted by molar-refractivity contribution is 5.92. The minimum absolute atomic E-state index is 0.172. The zero-order valence-electron chi connectivity index (χ0n) is 20.1.